The minimum absolute atomic E-state index is 0.227. The molecule has 0 amide bonds. The highest BCUT2D eigenvalue weighted by Crippen LogP contribution is 2.28. The summed E-state index contributed by atoms with van der Waals surface area (Å²) in [6.45, 7) is 3.05. The van der Waals surface area contributed by atoms with Gasteiger partial charge >= 0.3 is 0 Å². The molecule has 2 aromatic carbocycles. The molecule has 2 rings (SSSR count). The highest BCUT2D eigenvalue weighted by molar-refractivity contribution is 9.10. The van der Waals surface area contributed by atoms with Crippen LogP contribution in [0.5, 0.6) is 0 Å². The topological polar surface area (TPSA) is 3.24 Å². The van der Waals surface area contributed by atoms with E-state index in [9.17, 15) is 4.39 Å². The van der Waals surface area contributed by atoms with Crippen molar-refractivity contribution in [3.63, 3.8) is 0 Å². The molecule has 0 unspecified atom stereocenters. The van der Waals surface area contributed by atoms with Crippen molar-refractivity contribution < 1.29 is 4.39 Å². The van der Waals surface area contributed by atoms with Crippen molar-refractivity contribution in [3.8, 4) is 0 Å². The van der Waals surface area contributed by atoms with Gasteiger partial charge in [-0.05, 0) is 52.7 Å². The maximum absolute atomic E-state index is 13.7. The lowest BCUT2D eigenvalue weighted by Crippen LogP contribution is -2.18. The van der Waals surface area contributed by atoms with Gasteiger partial charge in [-0.3, -0.25) is 0 Å². The molecular formula is C16H17BrFN. The van der Waals surface area contributed by atoms with E-state index in [2.05, 4.69) is 39.9 Å². The Balaban J connectivity index is 2.34. The maximum atomic E-state index is 13.7. The third kappa shape index (κ3) is 3.57. The second-order valence-electron chi connectivity index (χ2n) is 4.44. The van der Waals surface area contributed by atoms with Crippen LogP contribution in [0.4, 0.5) is 15.8 Å². The van der Waals surface area contributed by atoms with E-state index in [0.717, 1.165) is 30.8 Å². The summed E-state index contributed by atoms with van der Waals surface area (Å²) in [5, 5.41) is 0. The van der Waals surface area contributed by atoms with Crippen LogP contribution in [0.15, 0.2) is 53.0 Å². The lowest BCUT2D eigenvalue weighted by molar-refractivity contribution is 0.620. The summed E-state index contributed by atoms with van der Waals surface area (Å²) in [4.78, 5) is 2.15. The molecule has 19 heavy (non-hydrogen) atoms. The molecule has 0 bridgehead atoms. The molecule has 0 heterocycles. The summed E-state index contributed by atoms with van der Waals surface area (Å²) in [5.74, 6) is -0.227. The highest BCUT2D eigenvalue weighted by Gasteiger charge is 2.10. The van der Waals surface area contributed by atoms with Gasteiger partial charge < -0.3 is 4.90 Å². The number of hydrogen-bond donors (Lipinski definition) is 0. The fourth-order valence-electron chi connectivity index (χ4n) is 1.98. The molecule has 0 saturated carbocycles. The standard InChI is InChI=1S/C16H17BrFN/c1-2-3-11-19(13-7-5-4-6-8-13)14-9-10-15(17)16(18)12-14/h4-10,12H,2-3,11H2,1H3. The number of nitrogens with zero attached hydrogens (tertiary/aromatic N) is 1. The van der Waals surface area contributed by atoms with E-state index in [4.69, 9.17) is 0 Å². The molecule has 3 heteroatoms. The Bertz CT molecular complexity index is 528. The first kappa shape index (κ1) is 14.1. The van der Waals surface area contributed by atoms with Crippen LogP contribution in [0.1, 0.15) is 19.8 Å². The van der Waals surface area contributed by atoms with Crippen molar-refractivity contribution in [2.75, 3.05) is 11.4 Å². The monoisotopic (exact) mass is 321 g/mol. The van der Waals surface area contributed by atoms with E-state index in [-0.39, 0.29) is 5.82 Å². The van der Waals surface area contributed by atoms with Gasteiger partial charge in [-0.1, -0.05) is 31.5 Å². The molecular weight excluding hydrogens is 305 g/mol. The summed E-state index contributed by atoms with van der Waals surface area (Å²) in [6, 6.07) is 15.4. The molecule has 1 nitrogen and oxygen atoms in total. The normalized spacial score (nSPS) is 10.5. The Morgan fingerprint density at radius 3 is 2.42 bits per heavy atom. The van der Waals surface area contributed by atoms with Crippen molar-refractivity contribution in [2.45, 2.75) is 19.8 Å². The first-order valence-corrected chi connectivity index (χ1v) is 7.29. The fraction of sp³-hybridized carbons (Fsp3) is 0.250. The number of benzene rings is 2. The third-order valence-electron chi connectivity index (χ3n) is 3.02. The smallest absolute Gasteiger partial charge is 0.139 e. The van der Waals surface area contributed by atoms with Crippen LogP contribution in [-0.4, -0.2) is 6.54 Å². The first-order valence-electron chi connectivity index (χ1n) is 6.50. The molecule has 0 N–H and O–H groups in total. The van der Waals surface area contributed by atoms with Crippen LogP contribution in [-0.2, 0) is 0 Å². The van der Waals surface area contributed by atoms with Crippen LogP contribution in [0.25, 0.3) is 0 Å². The zero-order chi connectivity index (χ0) is 13.7. The van der Waals surface area contributed by atoms with Gasteiger partial charge in [0.2, 0.25) is 0 Å². The number of halogens is 2. The van der Waals surface area contributed by atoms with Gasteiger partial charge in [0.05, 0.1) is 4.47 Å². The van der Waals surface area contributed by atoms with Gasteiger partial charge in [0, 0.05) is 17.9 Å². The Morgan fingerprint density at radius 1 is 1.05 bits per heavy atom. The Labute approximate surface area is 122 Å². The van der Waals surface area contributed by atoms with E-state index in [1.54, 1.807) is 12.1 Å². The Kier molecular flexibility index (Phi) is 4.97. The summed E-state index contributed by atoms with van der Waals surface area (Å²) in [7, 11) is 0. The molecule has 2 aromatic rings. The van der Waals surface area contributed by atoms with Gasteiger partial charge in [0.25, 0.3) is 0 Å². The number of hydrogen-bond acceptors (Lipinski definition) is 1. The van der Waals surface area contributed by atoms with Crippen LogP contribution >= 0.6 is 15.9 Å². The van der Waals surface area contributed by atoms with Crippen molar-refractivity contribution in [3.05, 3.63) is 58.8 Å². The van der Waals surface area contributed by atoms with Crippen molar-refractivity contribution in [2.24, 2.45) is 0 Å². The summed E-state index contributed by atoms with van der Waals surface area (Å²) in [5.41, 5.74) is 1.98. The molecule has 0 aliphatic heterocycles. The van der Waals surface area contributed by atoms with E-state index < -0.39 is 0 Å². The molecule has 0 atom stereocenters. The lowest BCUT2D eigenvalue weighted by Gasteiger charge is -2.25. The third-order valence-corrected chi connectivity index (χ3v) is 3.66. The largest absolute Gasteiger partial charge is 0.341 e. The first-order chi connectivity index (χ1) is 9.22. The van der Waals surface area contributed by atoms with Crippen molar-refractivity contribution >= 4 is 27.3 Å². The summed E-state index contributed by atoms with van der Waals surface area (Å²) < 4.78 is 14.2. The lowest BCUT2D eigenvalue weighted by atomic mass is 10.2. The zero-order valence-electron chi connectivity index (χ0n) is 10.9. The predicted octanol–water partition coefficient (Wildman–Crippen LogP) is 5.53. The van der Waals surface area contributed by atoms with Gasteiger partial charge in [-0.15, -0.1) is 0 Å². The van der Waals surface area contributed by atoms with Crippen LogP contribution in [0.3, 0.4) is 0 Å². The van der Waals surface area contributed by atoms with Crippen LogP contribution in [0.2, 0.25) is 0 Å². The zero-order valence-corrected chi connectivity index (χ0v) is 12.5. The second-order valence-corrected chi connectivity index (χ2v) is 5.29. The van der Waals surface area contributed by atoms with E-state index >= 15 is 0 Å². The van der Waals surface area contributed by atoms with Crippen LogP contribution in [0, 0.1) is 5.82 Å². The number of para-hydroxylation sites is 1. The average molecular weight is 322 g/mol. The Hall–Kier alpha value is -1.35. The molecule has 100 valence electrons. The summed E-state index contributed by atoms with van der Waals surface area (Å²) >= 11 is 3.19. The number of unbranched alkanes of at least 4 members (excludes halogenated alkanes) is 1. The SMILES string of the molecule is CCCCN(c1ccccc1)c1ccc(Br)c(F)c1. The predicted molar refractivity (Wildman–Crippen MR) is 82.5 cm³/mol. The maximum Gasteiger partial charge on any atom is 0.139 e. The quantitative estimate of drug-likeness (QED) is 0.700. The molecule has 0 saturated heterocycles. The van der Waals surface area contributed by atoms with Crippen molar-refractivity contribution in [1.29, 1.82) is 0 Å². The number of anilines is 2. The number of rotatable bonds is 5. The van der Waals surface area contributed by atoms with Gasteiger partial charge in [-0.25, -0.2) is 4.39 Å². The van der Waals surface area contributed by atoms with Crippen molar-refractivity contribution in [1.82, 2.24) is 0 Å². The fourth-order valence-corrected chi connectivity index (χ4v) is 2.23. The molecule has 0 aliphatic carbocycles. The van der Waals surface area contributed by atoms with Crippen LogP contribution < -0.4 is 4.90 Å². The van der Waals surface area contributed by atoms with E-state index in [0.29, 0.717) is 4.47 Å². The summed E-state index contributed by atoms with van der Waals surface area (Å²) in [6.07, 6.45) is 2.19. The molecule has 0 fully saturated rings. The molecule has 0 aromatic heterocycles. The van der Waals surface area contributed by atoms with E-state index in [1.165, 1.54) is 0 Å². The minimum Gasteiger partial charge on any atom is -0.341 e. The molecule has 0 radical (unpaired) electrons. The molecule has 0 spiro atoms. The minimum atomic E-state index is -0.227. The van der Waals surface area contributed by atoms with E-state index in [1.807, 2.05) is 24.3 Å². The highest BCUT2D eigenvalue weighted by atomic mass is 79.9. The van der Waals surface area contributed by atoms with Gasteiger partial charge in [0.1, 0.15) is 5.82 Å². The second kappa shape index (κ2) is 6.71. The van der Waals surface area contributed by atoms with Gasteiger partial charge in [0.15, 0.2) is 0 Å². The van der Waals surface area contributed by atoms with Gasteiger partial charge in [-0.2, -0.15) is 0 Å². The molecule has 0 aliphatic rings. The average Bonchev–Trinajstić information content (AvgIpc) is 2.44. The Morgan fingerprint density at radius 2 is 1.79 bits per heavy atom.